The van der Waals surface area contributed by atoms with Crippen molar-refractivity contribution in [1.82, 2.24) is 29.6 Å². The lowest BCUT2D eigenvalue weighted by molar-refractivity contribution is 0.643. The Balaban J connectivity index is 1.15. The van der Waals surface area contributed by atoms with Gasteiger partial charge in [-0.05, 0) is 46.8 Å². The SMILES string of the molecule is O=c1ccccn1Cc1ccc(Cn2cc3c(NCc4ccc5c(c4)CNCC5)ncnc3n2)cc1. The van der Waals surface area contributed by atoms with E-state index in [1.54, 1.807) is 29.2 Å². The molecule has 0 radical (unpaired) electrons. The molecule has 0 saturated carbocycles. The van der Waals surface area contributed by atoms with Crippen molar-refractivity contribution < 1.29 is 0 Å². The van der Waals surface area contributed by atoms with Crippen LogP contribution in [0.1, 0.15) is 27.8 Å². The van der Waals surface area contributed by atoms with E-state index in [1.807, 2.05) is 16.9 Å². The molecule has 0 atom stereocenters. The van der Waals surface area contributed by atoms with Crippen LogP contribution in [-0.4, -0.2) is 30.9 Å². The Hall–Kier alpha value is -4.30. The summed E-state index contributed by atoms with van der Waals surface area (Å²) in [4.78, 5) is 20.8. The van der Waals surface area contributed by atoms with Gasteiger partial charge in [0.25, 0.3) is 5.56 Å². The number of anilines is 1. The lowest BCUT2D eigenvalue weighted by atomic mass is 9.98. The lowest BCUT2D eigenvalue weighted by Crippen LogP contribution is -2.23. The summed E-state index contributed by atoms with van der Waals surface area (Å²) in [7, 11) is 0. The van der Waals surface area contributed by atoms with Gasteiger partial charge < -0.3 is 15.2 Å². The topological polar surface area (TPSA) is 89.7 Å². The highest BCUT2D eigenvalue weighted by molar-refractivity contribution is 5.85. The molecule has 8 nitrogen and oxygen atoms in total. The second-order valence-electron chi connectivity index (χ2n) is 9.15. The predicted octanol–water partition coefficient (Wildman–Crippen LogP) is 3.34. The van der Waals surface area contributed by atoms with Gasteiger partial charge in [0.15, 0.2) is 5.65 Å². The van der Waals surface area contributed by atoms with Crippen LogP contribution in [0.25, 0.3) is 11.0 Å². The molecule has 0 aliphatic carbocycles. The molecule has 180 valence electrons. The summed E-state index contributed by atoms with van der Waals surface area (Å²) in [5.41, 5.74) is 6.91. The third kappa shape index (κ3) is 4.76. The van der Waals surface area contributed by atoms with Crippen LogP contribution in [0.15, 0.2) is 84.2 Å². The monoisotopic (exact) mass is 477 g/mol. The van der Waals surface area contributed by atoms with Gasteiger partial charge in [-0.3, -0.25) is 9.48 Å². The first-order valence-electron chi connectivity index (χ1n) is 12.2. The Bertz CT molecular complexity index is 1570. The number of hydrogen-bond donors (Lipinski definition) is 2. The Morgan fingerprint density at radius 1 is 0.917 bits per heavy atom. The molecular formula is C28H27N7O. The lowest BCUT2D eigenvalue weighted by Gasteiger charge is -2.18. The number of nitrogens with one attached hydrogen (secondary N) is 2. The maximum Gasteiger partial charge on any atom is 0.250 e. The van der Waals surface area contributed by atoms with E-state index >= 15 is 0 Å². The minimum Gasteiger partial charge on any atom is -0.365 e. The number of benzene rings is 2. The quantitative estimate of drug-likeness (QED) is 0.374. The van der Waals surface area contributed by atoms with Crippen molar-refractivity contribution in [3.05, 3.63) is 118 Å². The minimum atomic E-state index is -0.000960. The van der Waals surface area contributed by atoms with Crippen LogP contribution < -0.4 is 16.2 Å². The molecule has 0 spiro atoms. The average Bonchev–Trinajstić information content (AvgIpc) is 3.33. The molecule has 3 aromatic heterocycles. The minimum absolute atomic E-state index is 0.000960. The molecule has 0 bridgehead atoms. The molecule has 36 heavy (non-hydrogen) atoms. The van der Waals surface area contributed by atoms with Crippen molar-refractivity contribution in [2.45, 2.75) is 32.6 Å². The third-order valence-electron chi connectivity index (χ3n) is 6.60. The molecule has 0 fully saturated rings. The van der Waals surface area contributed by atoms with Crippen molar-refractivity contribution >= 4 is 16.9 Å². The molecule has 4 heterocycles. The highest BCUT2D eigenvalue weighted by Gasteiger charge is 2.11. The molecule has 0 saturated heterocycles. The van der Waals surface area contributed by atoms with Crippen LogP contribution in [-0.2, 0) is 32.6 Å². The van der Waals surface area contributed by atoms with Gasteiger partial charge in [-0.2, -0.15) is 5.10 Å². The van der Waals surface area contributed by atoms with Crippen molar-refractivity contribution in [2.24, 2.45) is 0 Å². The van der Waals surface area contributed by atoms with Gasteiger partial charge in [0.2, 0.25) is 0 Å². The van der Waals surface area contributed by atoms with E-state index in [1.165, 1.54) is 16.7 Å². The van der Waals surface area contributed by atoms with E-state index in [2.05, 4.69) is 68.2 Å². The van der Waals surface area contributed by atoms with Crippen molar-refractivity contribution in [2.75, 3.05) is 11.9 Å². The van der Waals surface area contributed by atoms with Gasteiger partial charge in [0, 0.05) is 31.5 Å². The van der Waals surface area contributed by atoms with E-state index in [0.717, 1.165) is 41.8 Å². The predicted molar refractivity (Wildman–Crippen MR) is 140 cm³/mol. The summed E-state index contributed by atoms with van der Waals surface area (Å²) in [5.74, 6) is 0.783. The number of hydrogen-bond acceptors (Lipinski definition) is 6. The van der Waals surface area contributed by atoms with E-state index in [4.69, 9.17) is 0 Å². The molecule has 5 aromatic rings. The van der Waals surface area contributed by atoms with Crippen molar-refractivity contribution in [3.63, 3.8) is 0 Å². The zero-order valence-corrected chi connectivity index (χ0v) is 19.9. The van der Waals surface area contributed by atoms with Crippen LogP contribution in [0.5, 0.6) is 0 Å². The summed E-state index contributed by atoms with van der Waals surface area (Å²) in [6, 6.07) is 20.2. The smallest absolute Gasteiger partial charge is 0.250 e. The van der Waals surface area contributed by atoms with Gasteiger partial charge in [-0.25, -0.2) is 9.97 Å². The number of fused-ring (bicyclic) bond motifs is 2. The summed E-state index contributed by atoms with van der Waals surface area (Å²) >= 11 is 0. The molecule has 2 N–H and O–H groups in total. The van der Waals surface area contributed by atoms with Crippen molar-refractivity contribution in [3.8, 4) is 0 Å². The van der Waals surface area contributed by atoms with Gasteiger partial charge in [-0.15, -0.1) is 0 Å². The first kappa shape index (κ1) is 22.2. The van der Waals surface area contributed by atoms with E-state index in [-0.39, 0.29) is 5.56 Å². The fraction of sp³-hybridized carbons (Fsp3) is 0.214. The Labute approximate surface area is 208 Å². The van der Waals surface area contributed by atoms with Gasteiger partial charge in [0.1, 0.15) is 12.1 Å². The number of nitrogens with zero attached hydrogens (tertiary/aromatic N) is 5. The zero-order chi connectivity index (χ0) is 24.3. The van der Waals surface area contributed by atoms with Gasteiger partial charge >= 0.3 is 0 Å². The Kier molecular flexibility index (Phi) is 6.01. The van der Waals surface area contributed by atoms with Crippen LogP contribution in [0.3, 0.4) is 0 Å². The molecule has 1 aliphatic rings. The first-order valence-corrected chi connectivity index (χ1v) is 12.2. The van der Waals surface area contributed by atoms with Crippen LogP contribution >= 0.6 is 0 Å². The molecule has 0 amide bonds. The summed E-state index contributed by atoms with van der Waals surface area (Å²) in [6.45, 7) is 3.85. The van der Waals surface area contributed by atoms with Crippen LogP contribution in [0.4, 0.5) is 5.82 Å². The van der Waals surface area contributed by atoms with Crippen LogP contribution in [0, 0.1) is 0 Å². The Morgan fingerprint density at radius 3 is 2.61 bits per heavy atom. The summed E-state index contributed by atoms with van der Waals surface area (Å²) in [5, 5.41) is 12.5. The zero-order valence-electron chi connectivity index (χ0n) is 19.9. The standard InChI is InChI=1S/C28H27N7O/c36-26-3-1-2-12-34(26)16-20-4-6-21(7-5-20)17-35-18-25-27(31-19-32-28(25)33-35)30-14-22-8-9-23-10-11-29-15-24(23)13-22/h1-9,12-13,18-19,29H,10-11,14-17H2,(H,30,31,32,33). The van der Waals surface area contributed by atoms with Gasteiger partial charge in [0.05, 0.1) is 18.5 Å². The maximum absolute atomic E-state index is 12.0. The second kappa shape index (κ2) is 9.75. The molecule has 8 heteroatoms. The van der Waals surface area contributed by atoms with E-state index < -0.39 is 0 Å². The highest BCUT2D eigenvalue weighted by Crippen LogP contribution is 2.21. The molecule has 0 unspecified atom stereocenters. The average molecular weight is 478 g/mol. The second-order valence-corrected chi connectivity index (χ2v) is 9.15. The largest absolute Gasteiger partial charge is 0.365 e. The maximum atomic E-state index is 12.0. The molecular weight excluding hydrogens is 450 g/mol. The number of rotatable bonds is 7. The normalized spacial score (nSPS) is 13.0. The number of aromatic nitrogens is 5. The fourth-order valence-corrected chi connectivity index (χ4v) is 4.66. The highest BCUT2D eigenvalue weighted by atomic mass is 16.1. The molecule has 1 aliphatic heterocycles. The molecule has 6 rings (SSSR count). The summed E-state index contributed by atoms with van der Waals surface area (Å²) in [6.07, 6.45) is 6.44. The fourth-order valence-electron chi connectivity index (χ4n) is 4.66. The third-order valence-corrected chi connectivity index (χ3v) is 6.60. The van der Waals surface area contributed by atoms with E-state index in [0.29, 0.717) is 25.3 Å². The van der Waals surface area contributed by atoms with Crippen LogP contribution in [0.2, 0.25) is 0 Å². The van der Waals surface area contributed by atoms with Crippen molar-refractivity contribution in [1.29, 1.82) is 0 Å². The first-order chi connectivity index (χ1) is 17.7. The van der Waals surface area contributed by atoms with Gasteiger partial charge in [-0.1, -0.05) is 48.5 Å². The molecule has 2 aromatic carbocycles. The number of pyridine rings is 1. The Morgan fingerprint density at radius 2 is 1.75 bits per heavy atom. The summed E-state index contributed by atoms with van der Waals surface area (Å²) < 4.78 is 3.59. The van der Waals surface area contributed by atoms with E-state index in [9.17, 15) is 4.79 Å².